The van der Waals surface area contributed by atoms with Gasteiger partial charge >= 0.3 is 0 Å². The normalized spacial score (nSPS) is 10.7. The Morgan fingerprint density at radius 1 is 0.818 bits per heavy atom. The average molecular weight is 287 g/mol. The van der Waals surface area contributed by atoms with Gasteiger partial charge in [0.15, 0.2) is 5.58 Å². The topological polar surface area (TPSA) is 51.0 Å². The van der Waals surface area contributed by atoms with E-state index in [2.05, 4.69) is 15.3 Å². The molecule has 4 aromatic rings. The Kier molecular flexibility index (Phi) is 3.05. The maximum atomic E-state index is 5.77. The number of nitrogens with one attached hydrogen (secondary N) is 1. The summed E-state index contributed by atoms with van der Waals surface area (Å²) in [6.45, 7) is 0. The number of fused-ring (bicyclic) bond motifs is 1. The third kappa shape index (κ3) is 2.42. The molecule has 0 bridgehead atoms. The number of benzene rings is 2. The van der Waals surface area contributed by atoms with Crippen molar-refractivity contribution in [1.82, 2.24) is 9.97 Å². The molecule has 0 amide bonds. The van der Waals surface area contributed by atoms with Gasteiger partial charge in [0.05, 0.1) is 0 Å². The lowest BCUT2D eigenvalue weighted by atomic mass is 10.2. The Labute approximate surface area is 127 Å². The second-order valence-corrected chi connectivity index (χ2v) is 4.90. The van der Waals surface area contributed by atoms with E-state index in [4.69, 9.17) is 4.42 Å². The van der Waals surface area contributed by atoms with Crippen LogP contribution in [0.2, 0.25) is 0 Å². The van der Waals surface area contributed by atoms with E-state index >= 15 is 0 Å². The quantitative estimate of drug-likeness (QED) is 0.596. The predicted molar refractivity (Wildman–Crippen MR) is 87.0 cm³/mol. The van der Waals surface area contributed by atoms with Gasteiger partial charge in [0.25, 0.3) is 0 Å². The molecule has 0 aliphatic carbocycles. The van der Waals surface area contributed by atoms with Crippen LogP contribution >= 0.6 is 0 Å². The first-order valence-electron chi connectivity index (χ1n) is 7.02. The molecule has 0 fully saturated rings. The molecule has 0 aliphatic rings. The van der Waals surface area contributed by atoms with Crippen LogP contribution < -0.4 is 5.32 Å². The lowest BCUT2D eigenvalue weighted by molar-refractivity contribution is 0.620. The maximum Gasteiger partial charge on any atom is 0.227 e. The second-order valence-electron chi connectivity index (χ2n) is 4.90. The summed E-state index contributed by atoms with van der Waals surface area (Å²) in [6.07, 6.45) is 1.76. The van der Waals surface area contributed by atoms with Crippen molar-refractivity contribution < 1.29 is 4.42 Å². The molecule has 4 nitrogen and oxygen atoms in total. The fourth-order valence-electron chi connectivity index (χ4n) is 2.28. The Morgan fingerprint density at radius 3 is 2.41 bits per heavy atom. The van der Waals surface area contributed by atoms with Gasteiger partial charge in [-0.05, 0) is 48.5 Å². The largest absolute Gasteiger partial charge is 0.436 e. The lowest BCUT2D eigenvalue weighted by Crippen LogP contribution is -1.92. The zero-order chi connectivity index (χ0) is 14.8. The van der Waals surface area contributed by atoms with Gasteiger partial charge in [-0.15, -0.1) is 0 Å². The van der Waals surface area contributed by atoms with E-state index in [9.17, 15) is 0 Å². The highest BCUT2D eigenvalue weighted by Gasteiger charge is 2.07. The second kappa shape index (κ2) is 5.33. The molecule has 4 heteroatoms. The molecule has 0 radical (unpaired) electrons. The predicted octanol–water partition coefficient (Wildman–Crippen LogP) is 4.63. The third-order valence-electron chi connectivity index (χ3n) is 3.36. The van der Waals surface area contributed by atoms with Crippen LogP contribution in [0.1, 0.15) is 0 Å². The van der Waals surface area contributed by atoms with Crippen molar-refractivity contribution in [2.24, 2.45) is 0 Å². The summed E-state index contributed by atoms with van der Waals surface area (Å²) in [5.41, 5.74) is 3.59. The molecule has 2 heterocycles. The highest BCUT2D eigenvalue weighted by Crippen LogP contribution is 2.25. The van der Waals surface area contributed by atoms with Gasteiger partial charge < -0.3 is 9.73 Å². The zero-order valence-corrected chi connectivity index (χ0v) is 11.7. The van der Waals surface area contributed by atoms with E-state index in [1.807, 2.05) is 66.7 Å². The smallest absolute Gasteiger partial charge is 0.227 e. The first-order valence-corrected chi connectivity index (χ1v) is 7.02. The van der Waals surface area contributed by atoms with Crippen LogP contribution in [0.15, 0.2) is 77.3 Å². The fraction of sp³-hybridized carbons (Fsp3) is 0. The van der Waals surface area contributed by atoms with Gasteiger partial charge in [0.2, 0.25) is 5.89 Å². The SMILES string of the molecule is c1ccc(Nc2ccc(-c3nc4ccccc4o3)cc2)nc1. The molecule has 0 aliphatic heterocycles. The van der Waals surface area contributed by atoms with Crippen molar-refractivity contribution >= 4 is 22.6 Å². The van der Waals surface area contributed by atoms with Crippen molar-refractivity contribution in [3.63, 3.8) is 0 Å². The summed E-state index contributed by atoms with van der Waals surface area (Å²) in [5, 5.41) is 3.25. The summed E-state index contributed by atoms with van der Waals surface area (Å²) in [7, 11) is 0. The molecule has 0 unspecified atom stereocenters. The summed E-state index contributed by atoms with van der Waals surface area (Å²) >= 11 is 0. The van der Waals surface area contributed by atoms with Crippen LogP contribution in [0.25, 0.3) is 22.6 Å². The number of nitrogens with zero attached hydrogens (tertiary/aromatic N) is 2. The Morgan fingerprint density at radius 2 is 1.64 bits per heavy atom. The van der Waals surface area contributed by atoms with Crippen LogP contribution in [-0.2, 0) is 0 Å². The molecular weight excluding hydrogens is 274 g/mol. The van der Waals surface area contributed by atoms with Crippen LogP contribution in [0, 0.1) is 0 Å². The molecule has 2 aromatic heterocycles. The molecule has 0 atom stereocenters. The summed E-state index contributed by atoms with van der Waals surface area (Å²) in [4.78, 5) is 8.74. The molecule has 4 rings (SSSR count). The number of anilines is 2. The first kappa shape index (κ1) is 12.6. The first-order chi connectivity index (χ1) is 10.9. The van der Waals surface area contributed by atoms with Gasteiger partial charge in [-0.3, -0.25) is 0 Å². The van der Waals surface area contributed by atoms with E-state index in [-0.39, 0.29) is 0 Å². The minimum absolute atomic E-state index is 0.630. The van der Waals surface area contributed by atoms with Gasteiger partial charge in [-0.1, -0.05) is 18.2 Å². The molecule has 2 aromatic carbocycles. The van der Waals surface area contributed by atoms with E-state index < -0.39 is 0 Å². The van der Waals surface area contributed by atoms with Crippen LogP contribution in [0.5, 0.6) is 0 Å². The highest BCUT2D eigenvalue weighted by atomic mass is 16.3. The van der Waals surface area contributed by atoms with Gasteiger partial charge in [-0.2, -0.15) is 0 Å². The van der Waals surface area contributed by atoms with E-state index in [1.165, 1.54) is 0 Å². The molecule has 1 N–H and O–H groups in total. The molecule has 0 saturated carbocycles. The number of pyridine rings is 1. The number of aromatic nitrogens is 2. The Hall–Kier alpha value is -3.14. The van der Waals surface area contributed by atoms with E-state index in [0.717, 1.165) is 28.2 Å². The van der Waals surface area contributed by atoms with Crippen molar-refractivity contribution in [1.29, 1.82) is 0 Å². The molecular formula is C18H13N3O. The van der Waals surface area contributed by atoms with Gasteiger partial charge in [0.1, 0.15) is 11.3 Å². The molecule has 0 spiro atoms. The maximum absolute atomic E-state index is 5.77. The van der Waals surface area contributed by atoms with Gasteiger partial charge in [-0.25, -0.2) is 9.97 Å². The van der Waals surface area contributed by atoms with Crippen LogP contribution in [0.4, 0.5) is 11.5 Å². The van der Waals surface area contributed by atoms with E-state index in [1.54, 1.807) is 6.20 Å². The summed E-state index contributed by atoms with van der Waals surface area (Å²) in [6, 6.07) is 21.5. The van der Waals surface area contributed by atoms with Crippen molar-refractivity contribution in [3.05, 3.63) is 72.9 Å². The minimum Gasteiger partial charge on any atom is -0.436 e. The third-order valence-corrected chi connectivity index (χ3v) is 3.36. The van der Waals surface area contributed by atoms with Crippen molar-refractivity contribution in [2.75, 3.05) is 5.32 Å². The number of rotatable bonds is 3. The monoisotopic (exact) mass is 287 g/mol. The number of para-hydroxylation sites is 2. The minimum atomic E-state index is 0.630. The van der Waals surface area contributed by atoms with Crippen molar-refractivity contribution in [2.45, 2.75) is 0 Å². The standard InChI is InChI=1S/C18H13N3O/c1-2-6-16-15(5-1)21-18(22-16)13-8-10-14(11-9-13)20-17-7-3-4-12-19-17/h1-12H,(H,19,20). The Bertz CT molecular complexity index is 865. The number of hydrogen-bond acceptors (Lipinski definition) is 4. The summed E-state index contributed by atoms with van der Waals surface area (Å²) < 4.78 is 5.77. The van der Waals surface area contributed by atoms with Crippen molar-refractivity contribution in [3.8, 4) is 11.5 Å². The Balaban J connectivity index is 1.61. The fourth-order valence-corrected chi connectivity index (χ4v) is 2.28. The van der Waals surface area contributed by atoms with Gasteiger partial charge in [0, 0.05) is 17.4 Å². The lowest BCUT2D eigenvalue weighted by Gasteiger charge is -2.05. The number of oxazole rings is 1. The average Bonchev–Trinajstić information content (AvgIpc) is 3.00. The highest BCUT2D eigenvalue weighted by molar-refractivity contribution is 5.76. The molecule has 106 valence electrons. The van der Waals surface area contributed by atoms with Crippen LogP contribution in [0.3, 0.4) is 0 Å². The van der Waals surface area contributed by atoms with E-state index in [0.29, 0.717) is 5.89 Å². The van der Waals surface area contributed by atoms with Crippen LogP contribution in [-0.4, -0.2) is 9.97 Å². The summed E-state index contributed by atoms with van der Waals surface area (Å²) in [5.74, 6) is 1.45. The number of hydrogen-bond donors (Lipinski definition) is 1. The zero-order valence-electron chi connectivity index (χ0n) is 11.7. The molecule has 22 heavy (non-hydrogen) atoms. The molecule has 0 saturated heterocycles.